The van der Waals surface area contributed by atoms with E-state index in [1.54, 1.807) is 0 Å². The van der Waals surface area contributed by atoms with Crippen LogP contribution in [-0.2, 0) is 0 Å². The fourth-order valence-corrected chi connectivity index (χ4v) is 5.92. The first-order valence-electron chi connectivity index (χ1n) is 15.8. The van der Waals surface area contributed by atoms with Crippen molar-refractivity contribution in [3.8, 4) is 0 Å². The quantitative estimate of drug-likeness (QED) is 0.102. The summed E-state index contributed by atoms with van der Waals surface area (Å²) in [6.45, 7) is 11.7. The highest BCUT2D eigenvalue weighted by Crippen LogP contribution is 2.38. The van der Waals surface area contributed by atoms with Crippen LogP contribution in [0.5, 0.6) is 0 Å². The van der Waals surface area contributed by atoms with Gasteiger partial charge >= 0.3 is 0 Å². The number of unbranched alkanes of at least 4 members (excludes halogenated alkanes) is 13. The molecule has 4 nitrogen and oxygen atoms in total. The molecule has 0 bridgehead atoms. The zero-order valence-electron chi connectivity index (χ0n) is 23.9. The third-order valence-electron chi connectivity index (χ3n) is 8.41. The first kappa shape index (κ1) is 30.1. The lowest BCUT2D eigenvalue weighted by atomic mass is 9.97. The predicted octanol–water partition coefficient (Wildman–Crippen LogP) is 8.68. The van der Waals surface area contributed by atoms with E-state index < -0.39 is 0 Å². The molecule has 0 aliphatic carbocycles. The van der Waals surface area contributed by atoms with Gasteiger partial charge in [-0.25, -0.2) is 20.9 Å². The van der Waals surface area contributed by atoms with E-state index in [4.69, 9.17) is 0 Å². The van der Waals surface area contributed by atoms with E-state index in [-0.39, 0.29) is 0 Å². The third kappa shape index (κ3) is 10.8. The number of rotatable bonds is 25. The first-order chi connectivity index (χ1) is 16.7. The average Bonchev–Trinajstić information content (AvgIpc) is 3.73. The van der Waals surface area contributed by atoms with E-state index in [1.807, 2.05) is 0 Å². The maximum atomic E-state index is 3.84. The fraction of sp³-hybridized carbons (Fsp3) is 1.00. The van der Waals surface area contributed by atoms with Gasteiger partial charge in [-0.15, -0.1) is 0 Å². The van der Waals surface area contributed by atoms with Crippen LogP contribution in [0.4, 0.5) is 0 Å². The molecule has 202 valence electrons. The van der Waals surface area contributed by atoms with Crippen molar-refractivity contribution in [3.05, 3.63) is 0 Å². The Balaban J connectivity index is 1.68. The Kier molecular flexibility index (Phi) is 15.3. The Labute approximate surface area is 214 Å². The summed E-state index contributed by atoms with van der Waals surface area (Å²) in [6, 6.07) is 0. The average molecular weight is 479 g/mol. The minimum Gasteiger partial charge on any atom is -0.232 e. The topological polar surface area (TPSA) is 49.9 Å². The molecule has 2 fully saturated rings. The van der Waals surface area contributed by atoms with E-state index in [1.165, 1.54) is 154 Å². The highest BCUT2D eigenvalue weighted by Gasteiger charge is 2.51. The monoisotopic (exact) mass is 478 g/mol. The molecule has 0 radical (unpaired) electrons. The van der Waals surface area contributed by atoms with E-state index in [2.05, 4.69) is 48.6 Å². The second-order valence-electron chi connectivity index (χ2n) is 11.5. The molecule has 4 heteroatoms. The zero-order valence-corrected chi connectivity index (χ0v) is 23.9. The summed E-state index contributed by atoms with van der Waals surface area (Å²) in [4.78, 5) is 0. The maximum absolute atomic E-state index is 3.84. The Morgan fingerprint density at radius 3 is 0.941 bits per heavy atom. The van der Waals surface area contributed by atoms with Gasteiger partial charge in [-0.2, -0.15) is 0 Å². The zero-order chi connectivity index (χ0) is 24.5. The molecule has 2 unspecified atom stereocenters. The summed E-state index contributed by atoms with van der Waals surface area (Å²) in [6.07, 6.45) is 30.2. The van der Waals surface area contributed by atoms with Crippen LogP contribution in [0.1, 0.15) is 169 Å². The van der Waals surface area contributed by atoms with Crippen molar-refractivity contribution in [2.75, 3.05) is 13.1 Å². The van der Waals surface area contributed by atoms with Crippen molar-refractivity contribution in [2.45, 2.75) is 180 Å². The van der Waals surface area contributed by atoms with Crippen LogP contribution in [0.3, 0.4) is 0 Å². The minimum absolute atomic E-state index is 0.349. The maximum Gasteiger partial charge on any atom is 0.0974 e. The Bertz CT molecular complexity index is 426. The molecule has 2 aliphatic heterocycles. The van der Waals surface area contributed by atoms with Crippen LogP contribution < -0.4 is 10.9 Å². The van der Waals surface area contributed by atoms with Crippen LogP contribution in [0.25, 0.3) is 0 Å². The molecule has 0 aromatic rings. The SMILES string of the molecule is CCCCCCC1(CCCCCC)NN1CCCCN1NC1(CCCCCC)CCCCCC. The molecule has 0 amide bonds. The van der Waals surface area contributed by atoms with Gasteiger partial charge in [0.1, 0.15) is 0 Å². The summed E-state index contributed by atoms with van der Waals surface area (Å²) >= 11 is 0. The number of hydrogen-bond donors (Lipinski definition) is 2. The first-order valence-corrected chi connectivity index (χ1v) is 15.8. The van der Waals surface area contributed by atoms with Crippen LogP contribution in [0.2, 0.25) is 0 Å². The molecule has 0 aromatic heterocycles. The molecule has 2 heterocycles. The lowest BCUT2D eigenvalue weighted by Gasteiger charge is -2.16. The molecule has 2 atom stereocenters. The molecule has 2 N–H and O–H groups in total. The van der Waals surface area contributed by atoms with Crippen molar-refractivity contribution >= 4 is 0 Å². The van der Waals surface area contributed by atoms with Crippen LogP contribution in [0, 0.1) is 0 Å². The second kappa shape index (κ2) is 17.3. The van der Waals surface area contributed by atoms with Gasteiger partial charge in [0.2, 0.25) is 0 Å². The molecular formula is C30H62N4. The molecular weight excluding hydrogens is 416 g/mol. The number of hydrogen-bond acceptors (Lipinski definition) is 4. The van der Waals surface area contributed by atoms with Gasteiger partial charge in [-0.05, 0) is 38.5 Å². The normalized spacial score (nSPS) is 22.2. The lowest BCUT2D eigenvalue weighted by Crippen LogP contribution is -2.22. The summed E-state index contributed by atoms with van der Waals surface area (Å²) in [5.74, 6) is 0. The molecule has 34 heavy (non-hydrogen) atoms. The highest BCUT2D eigenvalue weighted by atomic mass is 15.8. The molecule has 0 aromatic carbocycles. The number of nitrogens with zero attached hydrogens (tertiary/aromatic N) is 2. The lowest BCUT2D eigenvalue weighted by molar-refractivity contribution is 0.314. The van der Waals surface area contributed by atoms with Crippen LogP contribution in [0.15, 0.2) is 0 Å². The summed E-state index contributed by atoms with van der Waals surface area (Å²) in [5, 5.41) is 5.23. The van der Waals surface area contributed by atoms with E-state index in [0.29, 0.717) is 11.3 Å². The van der Waals surface area contributed by atoms with Gasteiger partial charge in [0.05, 0.1) is 11.3 Å². The van der Waals surface area contributed by atoms with Crippen molar-refractivity contribution in [1.29, 1.82) is 0 Å². The smallest absolute Gasteiger partial charge is 0.0974 e. The van der Waals surface area contributed by atoms with E-state index in [9.17, 15) is 0 Å². The largest absolute Gasteiger partial charge is 0.232 e. The van der Waals surface area contributed by atoms with Crippen LogP contribution >= 0.6 is 0 Å². The molecule has 2 saturated heterocycles. The Morgan fingerprint density at radius 2 is 0.676 bits per heavy atom. The molecule has 0 spiro atoms. The predicted molar refractivity (Wildman–Crippen MR) is 149 cm³/mol. The molecule has 2 aliphatic rings. The Hall–Kier alpha value is -0.160. The third-order valence-corrected chi connectivity index (χ3v) is 8.41. The summed E-state index contributed by atoms with van der Waals surface area (Å²) < 4.78 is 0. The van der Waals surface area contributed by atoms with Gasteiger partial charge in [0.15, 0.2) is 0 Å². The van der Waals surface area contributed by atoms with E-state index >= 15 is 0 Å². The van der Waals surface area contributed by atoms with Gasteiger partial charge < -0.3 is 0 Å². The molecule has 0 saturated carbocycles. The Morgan fingerprint density at radius 1 is 0.382 bits per heavy atom. The minimum atomic E-state index is 0.349. The van der Waals surface area contributed by atoms with Gasteiger partial charge in [-0.3, -0.25) is 0 Å². The van der Waals surface area contributed by atoms with Crippen molar-refractivity contribution < 1.29 is 0 Å². The number of hydrazine groups is 2. The van der Waals surface area contributed by atoms with Gasteiger partial charge in [-0.1, -0.05) is 130 Å². The summed E-state index contributed by atoms with van der Waals surface area (Å²) in [5.41, 5.74) is 8.38. The standard InChI is InChI=1S/C30H62N4/c1-5-9-13-17-23-29(24-18-14-10-6-2)31-33(29)27-21-22-28-34-30(32-34,25-19-15-11-7-3)26-20-16-12-8-4/h31-32H,5-28H2,1-4H3. The van der Waals surface area contributed by atoms with Crippen molar-refractivity contribution in [1.82, 2.24) is 20.9 Å². The molecule has 2 rings (SSSR count). The number of nitrogens with one attached hydrogen (secondary N) is 2. The summed E-state index contributed by atoms with van der Waals surface area (Å²) in [7, 11) is 0. The van der Waals surface area contributed by atoms with Crippen molar-refractivity contribution in [3.63, 3.8) is 0 Å². The van der Waals surface area contributed by atoms with E-state index in [0.717, 1.165) is 0 Å². The van der Waals surface area contributed by atoms with Crippen molar-refractivity contribution in [2.24, 2.45) is 0 Å². The highest BCUT2D eigenvalue weighted by molar-refractivity contribution is 4.99. The van der Waals surface area contributed by atoms with Crippen LogP contribution in [-0.4, -0.2) is 34.4 Å². The van der Waals surface area contributed by atoms with Gasteiger partial charge in [0, 0.05) is 13.1 Å². The second-order valence-corrected chi connectivity index (χ2v) is 11.5. The van der Waals surface area contributed by atoms with Gasteiger partial charge in [0.25, 0.3) is 0 Å². The fourth-order valence-electron chi connectivity index (χ4n) is 5.92.